The van der Waals surface area contributed by atoms with E-state index >= 15 is 4.39 Å². The van der Waals surface area contributed by atoms with Crippen molar-refractivity contribution in [1.29, 1.82) is 0 Å². The zero-order valence-corrected chi connectivity index (χ0v) is 23.1. The lowest BCUT2D eigenvalue weighted by atomic mass is 10.0. The van der Waals surface area contributed by atoms with E-state index in [-0.39, 0.29) is 26.0 Å². The molecule has 13 heteroatoms. The lowest BCUT2D eigenvalue weighted by molar-refractivity contribution is -0.148. The summed E-state index contributed by atoms with van der Waals surface area (Å²) < 4.78 is 71.8. The van der Waals surface area contributed by atoms with Crippen molar-refractivity contribution in [2.75, 3.05) is 7.11 Å². The first-order valence-electron chi connectivity index (χ1n) is 12.3. The number of nitrogens with zero attached hydrogens (tertiary/aromatic N) is 2. The fourth-order valence-electron chi connectivity index (χ4n) is 4.12. The Morgan fingerprint density at radius 2 is 1.55 bits per heavy atom. The van der Waals surface area contributed by atoms with Crippen molar-refractivity contribution >= 4 is 17.6 Å². The highest BCUT2D eigenvalue weighted by Gasteiger charge is 2.35. The van der Waals surface area contributed by atoms with E-state index in [0.717, 1.165) is 19.2 Å². The molecule has 4 rings (SSSR count). The fraction of sp³-hybridized carbons (Fsp3) is 0.207. The molecule has 0 bridgehead atoms. The molecule has 0 aliphatic heterocycles. The normalized spacial score (nSPS) is 12.9. The topological polar surface area (TPSA) is 88.8 Å². The second kappa shape index (κ2) is 12.1. The Kier molecular flexibility index (Phi) is 8.76. The Balaban J connectivity index is 1.77. The third-order valence-corrected chi connectivity index (χ3v) is 6.52. The second-order valence-corrected chi connectivity index (χ2v) is 9.44. The zero-order valence-electron chi connectivity index (χ0n) is 22.3. The quantitative estimate of drug-likeness (QED) is 0.196. The van der Waals surface area contributed by atoms with E-state index in [9.17, 15) is 27.6 Å². The van der Waals surface area contributed by atoms with Gasteiger partial charge in [0.25, 0.3) is 5.56 Å². The third kappa shape index (κ3) is 6.33. The number of halogens is 5. The largest absolute Gasteiger partial charge is 0.479 e. The molecule has 2 atom stereocenters. The van der Waals surface area contributed by atoms with E-state index in [1.165, 1.54) is 14.0 Å². The maximum atomic E-state index is 15.0. The van der Waals surface area contributed by atoms with Crippen molar-refractivity contribution in [2.24, 2.45) is 7.05 Å². The predicted molar refractivity (Wildman–Crippen MR) is 145 cm³/mol. The minimum absolute atomic E-state index is 0.157. The van der Waals surface area contributed by atoms with Crippen LogP contribution in [0.25, 0.3) is 5.69 Å². The van der Waals surface area contributed by atoms with Gasteiger partial charge in [-0.15, -0.1) is 0 Å². The van der Waals surface area contributed by atoms with Crippen LogP contribution < -0.4 is 20.7 Å². The van der Waals surface area contributed by atoms with Gasteiger partial charge in [-0.1, -0.05) is 54.1 Å². The van der Waals surface area contributed by atoms with Crippen LogP contribution in [0.2, 0.25) is 5.02 Å². The van der Waals surface area contributed by atoms with Gasteiger partial charge in [-0.3, -0.25) is 9.36 Å². The molecule has 0 radical (unpaired) electrons. The van der Waals surface area contributed by atoms with Gasteiger partial charge in [0, 0.05) is 19.2 Å². The smallest absolute Gasteiger partial charge is 0.431 e. The van der Waals surface area contributed by atoms with Crippen molar-refractivity contribution in [2.45, 2.75) is 25.3 Å². The summed E-state index contributed by atoms with van der Waals surface area (Å²) >= 11 is 6.28. The summed E-state index contributed by atoms with van der Waals surface area (Å²) in [6, 6.07) is 17.3. The number of ether oxygens (including phenoxy) is 3. The Morgan fingerprint density at radius 1 is 0.929 bits per heavy atom. The molecule has 8 nitrogen and oxygen atoms in total. The van der Waals surface area contributed by atoms with Crippen LogP contribution in [0.5, 0.6) is 11.5 Å². The molecule has 0 aliphatic rings. The minimum Gasteiger partial charge on any atom is -0.479 e. The molecule has 0 saturated carbocycles. The Hall–Kier alpha value is -4.58. The van der Waals surface area contributed by atoms with E-state index in [1.54, 1.807) is 54.6 Å². The van der Waals surface area contributed by atoms with Gasteiger partial charge in [0.2, 0.25) is 0 Å². The number of alkyl halides is 3. The first kappa shape index (κ1) is 30.4. The number of esters is 1. The van der Waals surface area contributed by atoms with Crippen LogP contribution in [-0.4, -0.2) is 28.3 Å². The van der Waals surface area contributed by atoms with E-state index in [0.29, 0.717) is 16.9 Å². The number of aromatic nitrogens is 2. The summed E-state index contributed by atoms with van der Waals surface area (Å²) in [5, 5.41) is -0.221. The summed E-state index contributed by atoms with van der Waals surface area (Å²) in [6.07, 6.45) is -6.71. The van der Waals surface area contributed by atoms with Gasteiger partial charge in [0.1, 0.15) is 29.1 Å². The second-order valence-electron chi connectivity index (χ2n) is 9.04. The molecule has 220 valence electrons. The molecule has 2 unspecified atom stereocenters. The van der Waals surface area contributed by atoms with Crippen molar-refractivity contribution in [3.8, 4) is 17.2 Å². The SMILES string of the molecule is COC(=O)C(C)Oc1ccc(C(Oc2cc(-n3c(=O)cc(C(F)(F)F)n(C)c3=O)c(F)cc2Cl)c2ccccc2)cc1. The summed E-state index contributed by atoms with van der Waals surface area (Å²) in [5.74, 6) is -1.49. The van der Waals surface area contributed by atoms with Crippen LogP contribution in [0.3, 0.4) is 0 Å². The van der Waals surface area contributed by atoms with Gasteiger partial charge in [-0.25, -0.2) is 18.5 Å². The summed E-state index contributed by atoms with van der Waals surface area (Å²) in [6.45, 7) is 1.53. The van der Waals surface area contributed by atoms with Gasteiger partial charge in [0.15, 0.2) is 6.10 Å². The molecule has 4 aromatic rings. The van der Waals surface area contributed by atoms with Crippen LogP contribution in [0.1, 0.15) is 29.8 Å². The molecule has 42 heavy (non-hydrogen) atoms. The van der Waals surface area contributed by atoms with Gasteiger partial charge >= 0.3 is 17.8 Å². The molecule has 1 aromatic heterocycles. The highest BCUT2D eigenvalue weighted by atomic mass is 35.5. The summed E-state index contributed by atoms with van der Waals surface area (Å²) in [4.78, 5) is 37.1. The molecular weight excluding hydrogens is 584 g/mol. The Bertz CT molecular complexity index is 1720. The van der Waals surface area contributed by atoms with E-state index in [2.05, 4.69) is 4.74 Å². The standard InChI is InChI=1S/C29H23ClF4N2O6/c1-16(27(38)40-3)41-19-11-9-18(10-12-19)26(17-7-5-4-6-8-17)42-23-14-22(21(31)13-20(23)30)36-25(37)15-24(29(32,33)34)35(2)28(36)39/h4-16,26H,1-3H3. The van der Waals surface area contributed by atoms with Gasteiger partial charge in [0.05, 0.1) is 17.8 Å². The monoisotopic (exact) mass is 606 g/mol. The maximum Gasteiger partial charge on any atom is 0.431 e. The van der Waals surface area contributed by atoms with Crippen LogP contribution in [0.15, 0.2) is 82.4 Å². The van der Waals surface area contributed by atoms with Crippen LogP contribution in [0.4, 0.5) is 17.6 Å². The lowest BCUT2D eigenvalue weighted by Crippen LogP contribution is -2.41. The lowest BCUT2D eigenvalue weighted by Gasteiger charge is -2.22. The zero-order chi connectivity index (χ0) is 30.8. The van der Waals surface area contributed by atoms with E-state index < -0.39 is 52.8 Å². The Labute approximate surface area is 241 Å². The van der Waals surface area contributed by atoms with Crippen LogP contribution in [0, 0.1) is 5.82 Å². The van der Waals surface area contributed by atoms with Gasteiger partial charge in [-0.2, -0.15) is 13.2 Å². The third-order valence-electron chi connectivity index (χ3n) is 6.23. The molecule has 1 heterocycles. The number of hydrogen-bond acceptors (Lipinski definition) is 6. The average Bonchev–Trinajstić information content (AvgIpc) is 2.95. The number of carbonyl (C=O) groups excluding carboxylic acids is 1. The van der Waals surface area contributed by atoms with Crippen molar-refractivity contribution in [1.82, 2.24) is 9.13 Å². The molecule has 3 aromatic carbocycles. The maximum absolute atomic E-state index is 15.0. The number of methoxy groups -OCH3 is 1. The highest BCUT2D eigenvalue weighted by Crippen LogP contribution is 2.36. The molecule has 0 fully saturated rings. The number of rotatable bonds is 8. The number of carbonyl (C=O) groups is 1. The molecule has 0 aliphatic carbocycles. The molecule has 0 amide bonds. The average molecular weight is 607 g/mol. The fourth-order valence-corrected chi connectivity index (χ4v) is 4.32. The minimum atomic E-state index is -4.99. The number of hydrogen-bond donors (Lipinski definition) is 0. The van der Waals surface area contributed by atoms with Crippen molar-refractivity contribution < 1.29 is 36.6 Å². The predicted octanol–water partition coefficient (Wildman–Crippen LogP) is 5.46. The molecule has 0 saturated heterocycles. The Morgan fingerprint density at radius 3 is 2.14 bits per heavy atom. The first-order chi connectivity index (χ1) is 19.8. The summed E-state index contributed by atoms with van der Waals surface area (Å²) in [7, 11) is 2.06. The van der Waals surface area contributed by atoms with Crippen molar-refractivity contribution in [3.05, 3.63) is 121 Å². The van der Waals surface area contributed by atoms with Crippen molar-refractivity contribution in [3.63, 3.8) is 0 Å². The van der Waals surface area contributed by atoms with E-state index in [4.69, 9.17) is 21.1 Å². The summed E-state index contributed by atoms with van der Waals surface area (Å²) in [5.41, 5.74) is -3.74. The molecular formula is C29H23ClF4N2O6. The first-order valence-corrected chi connectivity index (χ1v) is 12.6. The van der Waals surface area contributed by atoms with Crippen LogP contribution >= 0.6 is 11.6 Å². The van der Waals surface area contributed by atoms with Crippen LogP contribution in [-0.2, 0) is 22.8 Å². The van der Waals surface area contributed by atoms with E-state index in [1.807, 2.05) is 0 Å². The highest BCUT2D eigenvalue weighted by molar-refractivity contribution is 6.32. The number of benzene rings is 3. The molecule has 0 N–H and O–H groups in total. The van der Waals surface area contributed by atoms with Gasteiger partial charge < -0.3 is 14.2 Å². The van der Waals surface area contributed by atoms with Gasteiger partial charge in [-0.05, 0) is 36.2 Å². The molecule has 0 spiro atoms.